The quantitative estimate of drug-likeness (QED) is 0.799. The molecular formula is C20H23NO. The van der Waals surface area contributed by atoms with Crippen LogP contribution in [0.4, 0.5) is 0 Å². The summed E-state index contributed by atoms with van der Waals surface area (Å²) in [7, 11) is 0. The molecule has 2 heteroatoms. The number of fused-ring (bicyclic) bond motifs is 3. The van der Waals surface area contributed by atoms with E-state index in [1.807, 2.05) is 0 Å². The second kappa shape index (κ2) is 5.86. The summed E-state index contributed by atoms with van der Waals surface area (Å²) in [6.07, 6.45) is 3.45. The smallest absolute Gasteiger partial charge is 0.0471 e. The maximum absolute atomic E-state index is 9.38. The van der Waals surface area contributed by atoms with Gasteiger partial charge in [-0.25, -0.2) is 0 Å². The third-order valence-corrected chi connectivity index (χ3v) is 5.13. The van der Waals surface area contributed by atoms with Crippen LogP contribution in [0, 0.1) is 5.92 Å². The molecule has 1 aliphatic heterocycles. The lowest BCUT2D eigenvalue weighted by Gasteiger charge is -2.31. The second-order valence-electron chi connectivity index (χ2n) is 6.75. The Hall–Kier alpha value is -1.64. The van der Waals surface area contributed by atoms with Crippen LogP contribution >= 0.6 is 0 Å². The van der Waals surface area contributed by atoms with Crippen LogP contribution in [0.3, 0.4) is 0 Å². The van der Waals surface area contributed by atoms with Crippen molar-refractivity contribution >= 4 is 0 Å². The molecule has 0 radical (unpaired) electrons. The van der Waals surface area contributed by atoms with Crippen molar-refractivity contribution in [3.05, 3.63) is 59.2 Å². The van der Waals surface area contributed by atoms with E-state index in [2.05, 4.69) is 47.4 Å². The molecule has 22 heavy (non-hydrogen) atoms. The molecule has 0 saturated carbocycles. The zero-order valence-corrected chi connectivity index (χ0v) is 13.0. The molecule has 1 unspecified atom stereocenters. The minimum absolute atomic E-state index is 0.329. The fourth-order valence-electron chi connectivity index (χ4n) is 4.00. The number of hydrogen-bond donors (Lipinski definition) is 1. The van der Waals surface area contributed by atoms with E-state index in [4.69, 9.17) is 0 Å². The van der Waals surface area contributed by atoms with Gasteiger partial charge in [-0.05, 0) is 59.5 Å². The van der Waals surface area contributed by atoms with Crippen molar-refractivity contribution < 1.29 is 5.11 Å². The lowest BCUT2D eigenvalue weighted by Crippen LogP contribution is -2.36. The van der Waals surface area contributed by atoms with Gasteiger partial charge in [-0.2, -0.15) is 0 Å². The molecule has 2 aromatic rings. The Morgan fingerprint density at radius 3 is 2.82 bits per heavy atom. The van der Waals surface area contributed by atoms with Gasteiger partial charge in [0.25, 0.3) is 0 Å². The highest BCUT2D eigenvalue weighted by Gasteiger charge is 2.21. The van der Waals surface area contributed by atoms with E-state index >= 15 is 0 Å². The van der Waals surface area contributed by atoms with E-state index in [9.17, 15) is 5.11 Å². The minimum Gasteiger partial charge on any atom is -0.396 e. The minimum atomic E-state index is 0.329. The number of likely N-dealkylation sites (tertiary alicyclic amines) is 1. The molecule has 2 aromatic carbocycles. The Kier molecular flexibility index (Phi) is 3.73. The first-order valence-corrected chi connectivity index (χ1v) is 8.37. The molecule has 4 rings (SSSR count). The summed E-state index contributed by atoms with van der Waals surface area (Å²) in [6.45, 7) is 3.54. The summed E-state index contributed by atoms with van der Waals surface area (Å²) in [4.78, 5) is 2.49. The molecule has 1 N–H and O–H groups in total. The SMILES string of the molecule is OCC1CCCN(Cc2ccc3c(c2)Cc2ccccc2-3)C1. The zero-order chi connectivity index (χ0) is 14.9. The number of hydrogen-bond acceptors (Lipinski definition) is 2. The molecule has 1 atom stereocenters. The lowest BCUT2D eigenvalue weighted by molar-refractivity contribution is 0.116. The number of aliphatic hydroxyl groups excluding tert-OH is 1. The molecule has 2 aliphatic rings. The predicted octanol–water partition coefficient (Wildman–Crippen LogP) is 3.46. The molecule has 1 aliphatic carbocycles. The van der Waals surface area contributed by atoms with Crippen LogP contribution in [0.5, 0.6) is 0 Å². The zero-order valence-electron chi connectivity index (χ0n) is 13.0. The Labute approximate surface area is 132 Å². The van der Waals surface area contributed by atoms with E-state index in [0.29, 0.717) is 12.5 Å². The van der Waals surface area contributed by atoms with Gasteiger partial charge in [0.2, 0.25) is 0 Å². The van der Waals surface area contributed by atoms with Crippen molar-refractivity contribution in [2.75, 3.05) is 19.7 Å². The van der Waals surface area contributed by atoms with E-state index in [0.717, 1.165) is 26.1 Å². The molecule has 1 fully saturated rings. The van der Waals surface area contributed by atoms with Gasteiger partial charge in [-0.3, -0.25) is 4.90 Å². The summed E-state index contributed by atoms with van der Waals surface area (Å²) in [6, 6.07) is 15.7. The number of aliphatic hydroxyl groups is 1. The van der Waals surface area contributed by atoms with E-state index in [1.165, 1.54) is 40.7 Å². The van der Waals surface area contributed by atoms with E-state index in [-0.39, 0.29) is 0 Å². The molecule has 0 aromatic heterocycles. The van der Waals surface area contributed by atoms with Crippen molar-refractivity contribution in [3.8, 4) is 11.1 Å². The van der Waals surface area contributed by atoms with Crippen LogP contribution in [-0.4, -0.2) is 29.7 Å². The number of rotatable bonds is 3. The van der Waals surface area contributed by atoms with Crippen LogP contribution in [0.2, 0.25) is 0 Å². The third-order valence-electron chi connectivity index (χ3n) is 5.13. The lowest BCUT2D eigenvalue weighted by atomic mass is 9.98. The van der Waals surface area contributed by atoms with Gasteiger partial charge >= 0.3 is 0 Å². The molecular weight excluding hydrogens is 270 g/mol. The normalized spacial score (nSPS) is 20.7. The summed E-state index contributed by atoms with van der Waals surface area (Å²) < 4.78 is 0. The summed E-state index contributed by atoms with van der Waals surface area (Å²) in [5.41, 5.74) is 7.14. The molecule has 114 valence electrons. The highest BCUT2D eigenvalue weighted by Crippen LogP contribution is 2.36. The predicted molar refractivity (Wildman–Crippen MR) is 89.8 cm³/mol. The van der Waals surface area contributed by atoms with Crippen LogP contribution in [-0.2, 0) is 13.0 Å². The number of benzene rings is 2. The van der Waals surface area contributed by atoms with Gasteiger partial charge in [-0.1, -0.05) is 42.5 Å². The molecule has 0 amide bonds. The average Bonchev–Trinajstić information content (AvgIpc) is 2.92. The Balaban J connectivity index is 1.52. The van der Waals surface area contributed by atoms with Crippen molar-refractivity contribution in [2.45, 2.75) is 25.8 Å². The maximum Gasteiger partial charge on any atom is 0.0471 e. The fraction of sp³-hybridized carbons (Fsp3) is 0.400. The monoisotopic (exact) mass is 293 g/mol. The first-order chi connectivity index (χ1) is 10.8. The van der Waals surface area contributed by atoms with Gasteiger partial charge in [0.1, 0.15) is 0 Å². The Bertz CT molecular complexity index is 679. The van der Waals surface area contributed by atoms with Crippen molar-refractivity contribution in [2.24, 2.45) is 5.92 Å². The first-order valence-electron chi connectivity index (χ1n) is 8.37. The molecule has 0 spiro atoms. The fourth-order valence-corrected chi connectivity index (χ4v) is 4.00. The summed E-state index contributed by atoms with van der Waals surface area (Å²) in [5, 5.41) is 9.38. The topological polar surface area (TPSA) is 23.5 Å². The Morgan fingerprint density at radius 1 is 1.05 bits per heavy atom. The molecule has 2 nitrogen and oxygen atoms in total. The van der Waals surface area contributed by atoms with Crippen LogP contribution in [0.15, 0.2) is 42.5 Å². The van der Waals surface area contributed by atoms with Crippen LogP contribution < -0.4 is 0 Å². The Morgan fingerprint density at radius 2 is 1.91 bits per heavy atom. The van der Waals surface area contributed by atoms with Crippen LogP contribution in [0.25, 0.3) is 11.1 Å². The van der Waals surface area contributed by atoms with Gasteiger partial charge < -0.3 is 5.11 Å². The van der Waals surface area contributed by atoms with Gasteiger partial charge in [0.15, 0.2) is 0 Å². The number of piperidine rings is 1. The van der Waals surface area contributed by atoms with Gasteiger partial charge in [-0.15, -0.1) is 0 Å². The summed E-state index contributed by atoms with van der Waals surface area (Å²) in [5.74, 6) is 0.465. The first kappa shape index (κ1) is 14.0. The summed E-state index contributed by atoms with van der Waals surface area (Å²) >= 11 is 0. The van der Waals surface area contributed by atoms with E-state index < -0.39 is 0 Å². The highest BCUT2D eigenvalue weighted by molar-refractivity contribution is 5.76. The van der Waals surface area contributed by atoms with Crippen LogP contribution in [0.1, 0.15) is 29.5 Å². The van der Waals surface area contributed by atoms with Gasteiger partial charge in [0, 0.05) is 19.7 Å². The molecule has 1 saturated heterocycles. The van der Waals surface area contributed by atoms with E-state index in [1.54, 1.807) is 0 Å². The molecule has 1 heterocycles. The van der Waals surface area contributed by atoms with Gasteiger partial charge in [0.05, 0.1) is 0 Å². The molecule has 0 bridgehead atoms. The second-order valence-corrected chi connectivity index (χ2v) is 6.75. The average molecular weight is 293 g/mol. The highest BCUT2D eigenvalue weighted by atomic mass is 16.3. The van der Waals surface area contributed by atoms with Crippen molar-refractivity contribution in [3.63, 3.8) is 0 Å². The standard InChI is InChI=1S/C20H23NO/c22-14-16-4-3-9-21(13-16)12-15-7-8-20-18(10-15)11-17-5-1-2-6-19(17)20/h1-2,5-8,10,16,22H,3-4,9,11-14H2. The largest absolute Gasteiger partial charge is 0.396 e. The number of nitrogens with zero attached hydrogens (tertiary/aromatic N) is 1. The third kappa shape index (κ3) is 2.57. The van der Waals surface area contributed by atoms with Crippen molar-refractivity contribution in [1.82, 2.24) is 4.90 Å². The maximum atomic E-state index is 9.38. The van der Waals surface area contributed by atoms with Crippen molar-refractivity contribution in [1.29, 1.82) is 0 Å².